The van der Waals surface area contributed by atoms with Crippen molar-refractivity contribution in [2.75, 3.05) is 0 Å². The summed E-state index contributed by atoms with van der Waals surface area (Å²) in [7, 11) is 0. The first-order valence-electron chi connectivity index (χ1n) is 10.4. The number of aromatic nitrogens is 7. The van der Waals surface area contributed by atoms with Crippen molar-refractivity contribution in [3.63, 3.8) is 0 Å². The largest absolute Gasteiger partial charge is 0.249 e. The second-order valence-corrected chi connectivity index (χ2v) is 7.87. The molecule has 2 aromatic carbocycles. The Hall–Kier alpha value is -3.79. The molecule has 31 heavy (non-hydrogen) atoms. The van der Waals surface area contributed by atoms with Crippen molar-refractivity contribution in [1.82, 2.24) is 35.4 Å². The van der Waals surface area contributed by atoms with Crippen LogP contribution in [0.5, 0.6) is 0 Å². The molecule has 2 heterocycles. The highest BCUT2D eigenvalue weighted by atomic mass is 15.5. The second kappa shape index (κ2) is 9.35. The lowest BCUT2D eigenvalue weighted by Crippen LogP contribution is -2.06. The van der Waals surface area contributed by atoms with Gasteiger partial charge in [0, 0.05) is 24.8 Å². The van der Waals surface area contributed by atoms with Crippen molar-refractivity contribution in [2.24, 2.45) is 5.92 Å². The standard InChI is InChI=1S/C24H25N7/c1-4-5-14-31-23(25-22(28-31)15-17(2)3)16-18-10-12-19(13-11-18)20-8-6-7-9-21(20)24-26-29-30-27-24/h1,6-13,17H,5,14-16H2,2-3H3,(H,26,27,29,30). The van der Waals surface area contributed by atoms with Crippen LogP contribution in [0.2, 0.25) is 0 Å². The van der Waals surface area contributed by atoms with Crippen molar-refractivity contribution in [3.05, 3.63) is 65.7 Å². The molecule has 4 rings (SSSR count). The number of nitrogens with one attached hydrogen (secondary N) is 1. The van der Waals surface area contributed by atoms with E-state index >= 15 is 0 Å². The SMILES string of the molecule is C#CCCn1nc(CC(C)C)nc1Cc1ccc(-c2ccccc2-c2nn[nH]n2)cc1. The van der Waals surface area contributed by atoms with E-state index in [2.05, 4.69) is 75.8 Å². The zero-order chi connectivity index (χ0) is 21.6. The minimum atomic E-state index is 0.509. The summed E-state index contributed by atoms with van der Waals surface area (Å²) < 4.78 is 1.96. The van der Waals surface area contributed by atoms with Gasteiger partial charge in [0.05, 0.1) is 6.54 Å². The molecule has 0 saturated carbocycles. The molecule has 7 heteroatoms. The van der Waals surface area contributed by atoms with Crippen LogP contribution in [0.25, 0.3) is 22.5 Å². The van der Waals surface area contributed by atoms with E-state index < -0.39 is 0 Å². The summed E-state index contributed by atoms with van der Waals surface area (Å²) in [6, 6.07) is 16.5. The van der Waals surface area contributed by atoms with Crippen molar-refractivity contribution >= 4 is 0 Å². The van der Waals surface area contributed by atoms with Crippen molar-refractivity contribution in [2.45, 2.75) is 39.7 Å². The van der Waals surface area contributed by atoms with Gasteiger partial charge in [-0.25, -0.2) is 9.67 Å². The van der Waals surface area contributed by atoms with E-state index in [1.54, 1.807) is 0 Å². The van der Waals surface area contributed by atoms with Crippen LogP contribution in [0.1, 0.15) is 37.5 Å². The third-order valence-electron chi connectivity index (χ3n) is 4.99. The molecule has 7 nitrogen and oxygen atoms in total. The minimum absolute atomic E-state index is 0.509. The Balaban J connectivity index is 1.58. The van der Waals surface area contributed by atoms with Gasteiger partial charge in [-0.1, -0.05) is 62.4 Å². The van der Waals surface area contributed by atoms with Crippen LogP contribution in [0.4, 0.5) is 0 Å². The first-order chi connectivity index (χ1) is 15.1. The number of hydrogen-bond donors (Lipinski definition) is 1. The van der Waals surface area contributed by atoms with E-state index in [9.17, 15) is 0 Å². The fourth-order valence-corrected chi connectivity index (χ4v) is 3.55. The Bertz CT molecular complexity index is 1170. The Kier molecular flexibility index (Phi) is 6.18. The number of terminal acetylenes is 1. The Morgan fingerprint density at radius 2 is 1.84 bits per heavy atom. The minimum Gasteiger partial charge on any atom is -0.249 e. The van der Waals surface area contributed by atoms with E-state index in [-0.39, 0.29) is 0 Å². The van der Waals surface area contributed by atoms with Crippen LogP contribution in [0.15, 0.2) is 48.5 Å². The predicted molar refractivity (Wildman–Crippen MR) is 120 cm³/mol. The van der Waals surface area contributed by atoms with E-state index in [4.69, 9.17) is 11.4 Å². The molecular formula is C24H25N7. The molecule has 0 bridgehead atoms. The van der Waals surface area contributed by atoms with E-state index in [1.807, 2.05) is 22.9 Å². The zero-order valence-electron chi connectivity index (χ0n) is 17.8. The number of rotatable bonds is 8. The summed E-state index contributed by atoms with van der Waals surface area (Å²) >= 11 is 0. The number of tetrazole rings is 1. The Morgan fingerprint density at radius 1 is 1.06 bits per heavy atom. The van der Waals surface area contributed by atoms with Crippen molar-refractivity contribution < 1.29 is 0 Å². The lowest BCUT2D eigenvalue weighted by molar-refractivity contribution is 0.575. The third kappa shape index (κ3) is 4.86. The van der Waals surface area contributed by atoms with Gasteiger partial charge in [0.2, 0.25) is 5.82 Å². The molecular weight excluding hydrogens is 386 g/mol. The molecule has 0 saturated heterocycles. The first-order valence-corrected chi connectivity index (χ1v) is 10.4. The average Bonchev–Trinajstić information content (AvgIpc) is 3.43. The monoisotopic (exact) mass is 411 g/mol. The van der Waals surface area contributed by atoms with Crippen LogP contribution >= 0.6 is 0 Å². The predicted octanol–water partition coefficient (Wildman–Crippen LogP) is 3.94. The fraction of sp³-hybridized carbons (Fsp3) is 0.292. The lowest BCUT2D eigenvalue weighted by Gasteiger charge is -2.08. The molecule has 2 aromatic heterocycles. The second-order valence-electron chi connectivity index (χ2n) is 7.87. The molecule has 0 fully saturated rings. The smallest absolute Gasteiger partial charge is 0.205 e. The summed E-state index contributed by atoms with van der Waals surface area (Å²) in [6.07, 6.45) is 7.68. The average molecular weight is 412 g/mol. The van der Waals surface area contributed by atoms with Crippen LogP contribution in [0, 0.1) is 18.3 Å². The first kappa shape index (κ1) is 20.5. The van der Waals surface area contributed by atoms with Gasteiger partial charge in [0.1, 0.15) is 5.82 Å². The summed E-state index contributed by atoms with van der Waals surface area (Å²) in [5, 5.41) is 19.1. The van der Waals surface area contributed by atoms with E-state index in [1.165, 1.54) is 5.56 Å². The number of H-pyrrole nitrogens is 1. The van der Waals surface area contributed by atoms with Crippen molar-refractivity contribution in [1.29, 1.82) is 0 Å². The molecule has 0 spiro atoms. The number of nitrogens with zero attached hydrogens (tertiary/aromatic N) is 6. The maximum atomic E-state index is 5.46. The number of aryl methyl sites for hydroxylation is 1. The van der Waals surface area contributed by atoms with Gasteiger partial charge in [0.15, 0.2) is 5.82 Å². The van der Waals surface area contributed by atoms with Crippen LogP contribution in [-0.4, -0.2) is 35.4 Å². The number of benzene rings is 2. The van der Waals surface area contributed by atoms with Crippen LogP contribution in [-0.2, 0) is 19.4 Å². The normalized spacial score (nSPS) is 11.0. The molecule has 4 aromatic rings. The third-order valence-corrected chi connectivity index (χ3v) is 4.99. The van der Waals surface area contributed by atoms with Gasteiger partial charge in [-0.2, -0.15) is 10.3 Å². The van der Waals surface area contributed by atoms with Crippen molar-refractivity contribution in [3.8, 4) is 34.9 Å². The molecule has 0 atom stereocenters. The topological polar surface area (TPSA) is 85.2 Å². The highest BCUT2D eigenvalue weighted by Crippen LogP contribution is 2.30. The van der Waals surface area contributed by atoms with E-state index in [0.29, 0.717) is 31.1 Å². The van der Waals surface area contributed by atoms with Gasteiger partial charge in [0.25, 0.3) is 0 Å². The molecule has 0 aliphatic rings. The van der Waals surface area contributed by atoms with Gasteiger partial charge in [-0.05, 0) is 27.8 Å². The quantitative estimate of drug-likeness (QED) is 0.444. The number of hydrogen-bond acceptors (Lipinski definition) is 5. The van der Waals surface area contributed by atoms with Crippen LogP contribution < -0.4 is 0 Å². The van der Waals surface area contributed by atoms with Crippen LogP contribution in [0.3, 0.4) is 0 Å². The van der Waals surface area contributed by atoms with Gasteiger partial charge in [-0.15, -0.1) is 22.5 Å². The zero-order valence-corrected chi connectivity index (χ0v) is 17.8. The summed E-state index contributed by atoms with van der Waals surface area (Å²) in [5.41, 5.74) is 4.27. The molecule has 1 N–H and O–H groups in total. The highest BCUT2D eigenvalue weighted by Gasteiger charge is 2.13. The summed E-state index contributed by atoms with van der Waals surface area (Å²) in [5.74, 6) is 5.62. The molecule has 0 unspecified atom stereocenters. The maximum absolute atomic E-state index is 5.46. The Labute approximate surface area is 181 Å². The van der Waals surface area contributed by atoms with E-state index in [0.717, 1.165) is 34.8 Å². The molecule has 156 valence electrons. The molecule has 0 aliphatic carbocycles. The molecule has 0 aliphatic heterocycles. The highest BCUT2D eigenvalue weighted by molar-refractivity contribution is 5.80. The van der Waals surface area contributed by atoms with Gasteiger partial charge in [-0.3, -0.25) is 0 Å². The van der Waals surface area contributed by atoms with Gasteiger partial charge >= 0.3 is 0 Å². The molecule has 0 radical (unpaired) electrons. The summed E-state index contributed by atoms with van der Waals surface area (Å²) in [4.78, 5) is 4.78. The summed E-state index contributed by atoms with van der Waals surface area (Å²) in [6.45, 7) is 5.03. The lowest BCUT2D eigenvalue weighted by atomic mass is 9.98. The fourth-order valence-electron chi connectivity index (χ4n) is 3.55. The van der Waals surface area contributed by atoms with Gasteiger partial charge < -0.3 is 0 Å². The maximum Gasteiger partial charge on any atom is 0.205 e. The number of aromatic amines is 1. The Morgan fingerprint density at radius 3 is 2.52 bits per heavy atom. The molecule has 0 amide bonds.